The lowest BCUT2D eigenvalue weighted by atomic mass is 10.0. The molecule has 0 saturated heterocycles. The maximum Gasteiger partial charge on any atom is 0.271 e. The average molecular weight is 742 g/mol. The van der Waals surface area contributed by atoms with E-state index in [1.165, 1.54) is 23.2 Å². The van der Waals surface area contributed by atoms with Gasteiger partial charge in [0.15, 0.2) is 0 Å². The molecule has 2 aromatic heterocycles. The predicted octanol–water partition coefficient (Wildman–Crippen LogP) is 2.47. The summed E-state index contributed by atoms with van der Waals surface area (Å²) in [6, 6.07) is 17.8. The van der Waals surface area contributed by atoms with Crippen LogP contribution < -0.4 is 21.3 Å². The minimum Gasteiger partial charge on any atom is -0.345 e. The van der Waals surface area contributed by atoms with Crippen LogP contribution in [0, 0.1) is 5.92 Å². The number of aromatic nitrogens is 3. The number of nitrogens with one attached hydrogen (secondary N) is 4. The van der Waals surface area contributed by atoms with Crippen molar-refractivity contribution in [3.05, 3.63) is 100 Å². The van der Waals surface area contributed by atoms with Gasteiger partial charge in [-0.25, -0.2) is 9.67 Å². The number of likely N-dealkylation sites (N-methyl/N-ethyl adjacent to an activating group) is 1. The molecule has 15 heteroatoms. The monoisotopic (exact) mass is 741 g/mol. The van der Waals surface area contributed by atoms with Gasteiger partial charge in [-0.3, -0.25) is 28.9 Å². The van der Waals surface area contributed by atoms with Crippen LogP contribution in [0.5, 0.6) is 0 Å². The van der Waals surface area contributed by atoms with Crippen LogP contribution in [-0.4, -0.2) is 98.9 Å². The number of carbonyl (C=O) groups excluding carboxylic acids is 5. The Balaban J connectivity index is 1.46. The summed E-state index contributed by atoms with van der Waals surface area (Å²) in [5.74, 6) is -2.57. The third kappa shape index (κ3) is 10.4. The Morgan fingerprint density at radius 3 is 2.23 bits per heavy atom. The summed E-state index contributed by atoms with van der Waals surface area (Å²) in [6.45, 7) is 7.58. The topological polar surface area (TPSA) is 171 Å². The first-order valence-electron chi connectivity index (χ1n) is 17.7. The van der Waals surface area contributed by atoms with E-state index in [-0.39, 0.29) is 36.5 Å². The van der Waals surface area contributed by atoms with Crippen molar-refractivity contribution in [1.29, 1.82) is 0 Å². The molecule has 5 rings (SSSR count). The number of para-hydroxylation sites is 1. The van der Waals surface area contributed by atoms with Gasteiger partial charge in [-0.1, -0.05) is 62.4 Å². The molecule has 0 radical (unpaired) electrons. The fourth-order valence-electron chi connectivity index (χ4n) is 5.99. The third-order valence-electron chi connectivity index (χ3n) is 8.99. The van der Waals surface area contributed by atoms with Gasteiger partial charge in [-0.15, -0.1) is 11.3 Å². The minimum absolute atomic E-state index is 0.0142. The summed E-state index contributed by atoms with van der Waals surface area (Å²) in [5.41, 5.74) is 2.79. The molecule has 0 aliphatic carbocycles. The standard InChI is InChI=1S/C38H47N9O5S/c1-24(2)33-36(51)41-26(4)38(52)45(5)18-19-46(21-29-16-17-39-47(29)28-14-10-7-11-15-28)22-32(48)42-30(20-27-12-8-6-9-13-27)37-43-31(23-53-37)35(50)40-25(3)34(49)44-33/h6-17,23-26,30,33H,18-22H2,1-5H3,(H,40,50)(H,41,51)(H,42,48)(H,44,49)/t25-,26+,30-,33-/m0/s1. The molecule has 4 N–H and O–H groups in total. The number of carbonyl (C=O) groups is 5. The first kappa shape index (κ1) is 38.8. The van der Waals surface area contributed by atoms with Crippen LogP contribution in [-0.2, 0) is 32.1 Å². The van der Waals surface area contributed by atoms with Crippen LogP contribution in [0.4, 0.5) is 0 Å². The van der Waals surface area contributed by atoms with Crippen LogP contribution in [0.3, 0.4) is 0 Å². The molecule has 0 saturated carbocycles. The SMILES string of the molecule is CC(C)[C@@H]1NC(=O)[C@H](C)NC(=O)c2csc(n2)[C@H](Cc2ccccc2)NC(=O)CN(Cc2ccnn2-c2ccccc2)CCN(C)C(=O)[C@@H](C)NC1=O. The number of benzene rings is 2. The highest BCUT2D eigenvalue weighted by molar-refractivity contribution is 7.09. The predicted molar refractivity (Wildman–Crippen MR) is 201 cm³/mol. The van der Waals surface area contributed by atoms with Gasteiger partial charge < -0.3 is 26.2 Å². The Morgan fingerprint density at radius 2 is 1.53 bits per heavy atom. The number of nitrogens with zero attached hydrogens (tertiary/aromatic N) is 5. The van der Waals surface area contributed by atoms with Crippen molar-refractivity contribution in [3.63, 3.8) is 0 Å². The molecule has 0 spiro atoms. The van der Waals surface area contributed by atoms with E-state index in [0.29, 0.717) is 24.5 Å². The summed E-state index contributed by atoms with van der Waals surface area (Å²) < 4.78 is 1.81. The summed E-state index contributed by atoms with van der Waals surface area (Å²) in [6.07, 6.45) is 2.13. The summed E-state index contributed by atoms with van der Waals surface area (Å²) >= 11 is 1.24. The van der Waals surface area contributed by atoms with Crippen molar-refractivity contribution in [2.75, 3.05) is 26.7 Å². The number of amides is 5. The molecule has 2 bridgehead atoms. The maximum absolute atomic E-state index is 13.9. The van der Waals surface area contributed by atoms with E-state index in [2.05, 4.69) is 31.3 Å². The van der Waals surface area contributed by atoms with Crippen LogP contribution in [0.25, 0.3) is 5.69 Å². The van der Waals surface area contributed by atoms with E-state index in [9.17, 15) is 24.0 Å². The van der Waals surface area contributed by atoms with Gasteiger partial charge >= 0.3 is 0 Å². The van der Waals surface area contributed by atoms with Gasteiger partial charge in [0.05, 0.1) is 24.0 Å². The Bertz CT molecular complexity index is 1880. The zero-order valence-corrected chi connectivity index (χ0v) is 31.4. The van der Waals surface area contributed by atoms with Gasteiger partial charge in [-0.2, -0.15) is 5.10 Å². The fourth-order valence-corrected chi connectivity index (χ4v) is 6.84. The van der Waals surface area contributed by atoms with Crippen molar-refractivity contribution in [1.82, 2.24) is 45.8 Å². The highest BCUT2D eigenvalue weighted by Crippen LogP contribution is 2.23. The molecule has 14 nitrogen and oxygen atoms in total. The molecule has 3 heterocycles. The molecule has 1 aliphatic rings. The molecule has 5 amide bonds. The summed E-state index contributed by atoms with van der Waals surface area (Å²) in [5, 5.41) is 17.9. The second kappa shape index (κ2) is 17.9. The van der Waals surface area contributed by atoms with Crippen LogP contribution >= 0.6 is 11.3 Å². The Labute approximate surface area is 313 Å². The Morgan fingerprint density at radius 1 is 0.830 bits per heavy atom. The van der Waals surface area contributed by atoms with Gasteiger partial charge in [0, 0.05) is 38.3 Å². The van der Waals surface area contributed by atoms with Crippen molar-refractivity contribution in [2.24, 2.45) is 5.92 Å². The number of rotatable bonds is 6. The van der Waals surface area contributed by atoms with E-state index in [1.54, 1.807) is 39.4 Å². The fraction of sp³-hybridized carbons (Fsp3) is 0.395. The largest absolute Gasteiger partial charge is 0.345 e. The number of hydrogen-bond acceptors (Lipinski definition) is 9. The van der Waals surface area contributed by atoms with E-state index in [4.69, 9.17) is 0 Å². The molecule has 280 valence electrons. The second-order valence-corrected chi connectivity index (χ2v) is 14.5. The Hall–Kier alpha value is -5.41. The molecule has 1 aliphatic heterocycles. The molecular weight excluding hydrogens is 695 g/mol. The molecule has 2 aromatic carbocycles. The zero-order valence-electron chi connectivity index (χ0n) is 30.6. The van der Waals surface area contributed by atoms with Gasteiger partial charge in [-0.05, 0) is 49.9 Å². The quantitative estimate of drug-likeness (QED) is 0.234. The van der Waals surface area contributed by atoms with E-state index < -0.39 is 41.9 Å². The summed E-state index contributed by atoms with van der Waals surface area (Å²) in [4.78, 5) is 75.3. The van der Waals surface area contributed by atoms with E-state index >= 15 is 0 Å². The Kier molecular flexibility index (Phi) is 13.1. The maximum atomic E-state index is 13.9. The van der Waals surface area contributed by atoms with E-state index in [0.717, 1.165) is 16.9 Å². The smallest absolute Gasteiger partial charge is 0.271 e. The molecule has 0 fully saturated rings. The molecule has 4 aromatic rings. The first-order valence-corrected chi connectivity index (χ1v) is 18.5. The lowest BCUT2D eigenvalue weighted by Gasteiger charge is -2.29. The normalized spacial score (nSPS) is 21.7. The highest BCUT2D eigenvalue weighted by Gasteiger charge is 2.31. The lowest BCUT2D eigenvalue weighted by molar-refractivity contribution is -0.136. The van der Waals surface area contributed by atoms with Gasteiger partial charge in [0.25, 0.3) is 5.91 Å². The van der Waals surface area contributed by atoms with Gasteiger partial charge in [0.1, 0.15) is 28.8 Å². The number of fused-ring (bicyclic) bond motifs is 2. The highest BCUT2D eigenvalue weighted by atomic mass is 32.1. The van der Waals surface area contributed by atoms with Gasteiger partial charge in [0.2, 0.25) is 23.6 Å². The average Bonchev–Trinajstić information content (AvgIpc) is 3.83. The molecule has 4 atom stereocenters. The van der Waals surface area contributed by atoms with Crippen molar-refractivity contribution < 1.29 is 24.0 Å². The van der Waals surface area contributed by atoms with Crippen molar-refractivity contribution in [2.45, 2.75) is 64.8 Å². The van der Waals surface area contributed by atoms with E-state index in [1.807, 2.05) is 76.3 Å². The van der Waals surface area contributed by atoms with Crippen LogP contribution in [0.15, 0.2) is 78.3 Å². The molecule has 53 heavy (non-hydrogen) atoms. The zero-order chi connectivity index (χ0) is 38.1. The molecule has 0 unspecified atom stereocenters. The van der Waals surface area contributed by atoms with Crippen LogP contribution in [0.1, 0.15) is 60.5 Å². The first-order chi connectivity index (χ1) is 25.4. The second-order valence-electron chi connectivity index (χ2n) is 13.6. The lowest BCUT2D eigenvalue weighted by Crippen LogP contribution is -2.57. The van der Waals surface area contributed by atoms with Crippen LogP contribution in [0.2, 0.25) is 0 Å². The molecular formula is C38H47N9O5S. The number of hydrogen-bond donors (Lipinski definition) is 4. The summed E-state index contributed by atoms with van der Waals surface area (Å²) in [7, 11) is 1.65. The van der Waals surface area contributed by atoms with Crippen molar-refractivity contribution in [3.8, 4) is 5.69 Å². The number of thiazole rings is 1. The third-order valence-corrected chi connectivity index (χ3v) is 9.95. The minimum atomic E-state index is -0.995. The van der Waals surface area contributed by atoms with Crippen molar-refractivity contribution >= 4 is 40.9 Å².